The summed E-state index contributed by atoms with van der Waals surface area (Å²) in [5.74, 6) is 0.465. The molecule has 304 valence electrons. The topological polar surface area (TPSA) is 172 Å². The third-order valence-electron chi connectivity index (χ3n) is 12.0. The minimum Gasteiger partial charge on any atom is -0.478 e. The Morgan fingerprint density at radius 3 is 2.52 bits per heavy atom. The van der Waals surface area contributed by atoms with Crippen molar-refractivity contribution >= 4 is 74.3 Å². The minimum atomic E-state index is -0.427. The minimum absolute atomic E-state index is 0.0825. The number of nitrogens with one attached hydrogen (secondary N) is 3. The molecule has 0 aliphatic carbocycles. The second-order valence-corrected chi connectivity index (χ2v) is 15.8. The lowest BCUT2D eigenvalue weighted by molar-refractivity contribution is -0.134. The van der Waals surface area contributed by atoms with Gasteiger partial charge < -0.3 is 29.7 Å². The number of nitrogens with zero attached hydrogens (tertiary/aromatic N) is 8. The first-order valence-corrected chi connectivity index (χ1v) is 20.2. The quantitative estimate of drug-likeness (QED) is 0.175. The molecule has 0 saturated carbocycles. The number of aromatic nitrogens is 5. The van der Waals surface area contributed by atoms with Gasteiger partial charge in [-0.3, -0.25) is 34.1 Å². The summed E-state index contributed by atoms with van der Waals surface area (Å²) in [6.07, 6.45) is 4.56. The van der Waals surface area contributed by atoms with Crippen LogP contribution in [0.25, 0.3) is 21.8 Å². The number of likely N-dealkylation sites (N-methyl/N-ethyl adjacent to an activating group) is 1. The number of piperazine rings is 1. The number of pyridine rings is 1. The van der Waals surface area contributed by atoms with Crippen molar-refractivity contribution in [3.63, 3.8) is 0 Å². The van der Waals surface area contributed by atoms with E-state index in [0.717, 1.165) is 79.8 Å². The molecule has 0 spiro atoms. The lowest BCUT2D eigenvalue weighted by atomic mass is 9.88. The second-order valence-electron chi connectivity index (χ2n) is 15.4. The number of fused-ring (bicyclic) bond motifs is 2. The standard InChI is InChI=1S/C41H48ClN11O5/c1-24(25-12-14-52(15-13-25)32-7-5-6-28-36(48-50(4)37(28)32)29-9-11-34(54)46-39(29)56)51-16-18-53(19-17-51)41-44-22-30(42)38(47-41)45-27-8-10-31-26(20-27)21-33(40(57)49(31)3)58-23-35(55)43-2/h5-8,10,20-22,24-25,29H,9,11-19,23H2,1-4H3,(H,43,55)(H,44,45,47)(H,46,54,56)/t24-,29-/m1/s1. The van der Waals surface area contributed by atoms with Crippen molar-refractivity contribution in [3.05, 3.63) is 69.7 Å². The number of carbonyl (C=O) groups is 3. The van der Waals surface area contributed by atoms with Crippen molar-refractivity contribution in [1.82, 2.24) is 39.8 Å². The number of para-hydroxylation sites is 1. The van der Waals surface area contributed by atoms with Crippen molar-refractivity contribution in [1.29, 1.82) is 0 Å². The molecule has 8 rings (SSSR count). The average molecular weight is 810 g/mol. The third kappa shape index (κ3) is 7.65. The van der Waals surface area contributed by atoms with Crippen LogP contribution in [0.3, 0.4) is 0 Å². The Labute approximate surface area is 340 Å². The van der Waals surface area contributed by atoms with Crippen LogP contribution in [0.4, 0.5) is 23.1 Å². The number of amides is 3. The predicted octanol–water partition coefficient (Wildman–Crippen LogP) is 3.68. The van der Waals surface area contributed by atoms with Crippen LogP contribution in [0.2, 0.25) is 5.02 Å². The summed E-state index contributed by atoms with van der Waals surface area (Å²) in [5, 5.41) is 15.2. The van der Waals surface area contributed by atoms with Gasteiger partial charge in [0.25, 0.3) is 11.5 Å². The second kappa shape index (κ2) is 16.3. The number of hydrogen-bond donors (Lipinski definition) is 3. The molecule has 0 radical (unpaired) electrons. The molecule has 0 bridgehead atoms. The number of benzene rings is 2. The third-order valence-corrected chi connectivity index (χ3v) is 12.3. The highest BCUT2D eigenvalue weighted by atomic mass is 35.5. The Balaban J connectivity index is 0.883. The first-order valence-electron chi connectivity index (χ1n) is 19.8. The van der Waals surface area contributed by atoms with E-state index < -0.39 is 5.92 Å². The number of ether oxygens (including phenoxy) is 1. The first-order chi connectivity index (χ1) is 28.0. The fourth-order valence-corrected chi connectivity index (χ4v) is 8.78. The number of rotatable bonds is 10. The predicted molar refractivity (Wildman–Crippen MR) is 223 cm³/mol. The maximum absolute atomic E-state index is 12.8. The molecule has 3 aromatic heterocycles. The summed E-state index contributed by atoms with van der Waals surface area (Å²) >= 11 is 6.59. The molecule has 3 saturated heterocycles. The summed E-state index contributed by atoms with van der Waals surface area (Å²) < 4.78 is 8.90. The van der Waals surface area contributed by atoms with Crippen LogP contribution in [-0.4, -0.2) is 106 Å². The molecular formula is C41H48ClN11O5. The van der Waals surface area contributed by atoms with Crippen LogP contribution < -0.4 is 36.0 Å². The van der Waals surface area contributed by atoms with Gasteiger partial charge in [0.2, 0.25) is 17.8 Å². The van der Waals surface area contributed by atoms with Gasteiger partial charge in [-0.15, -0.1) is 0 Å². The molecule has 2 aromatic carbocycles. The molecule has 16 nitrogen and oxygen atoms in total. The molecule has 17 heteroatoms. The zero-order chi connectivity index (χ0) is 40.7. The normalized spacial score (nSPS) is 18.7. The highest BCUT2D eigenvalue weighted by Crippen LogP contribution is 2.37. The molecule has 3 fully saturated rings. The number of anilines is 4. The molecule has 5 aromatic rings. The summed E-state index contributed by atoms with van der Waals surface area (Å²) in [4.78, 5) is 65.7. The highest BCUT2D eigenvalue weighted by Gasteiger charge is 2.34. The molecule has 3 amide bonds. The summed E-state index contributed by atoms with van der Waals surface area (Å²) in [6, 6.07) is 13.9. The Bertz CT molecular complexity index is 2450. The van der Waals surface area contributed by atoms with Crippen LogP contribution in [0.5, 0.6) is 5.75 Å². The van der Waals surface area contributed by atoms with Gasteiger partial charge in [-0.25, -0.2) is 4.98 Å². The van der Waals surface area contributed by atoms with Crippen molar-refractivity contribution in [2.45, 2.75) is 44.6 Å². The van der Waals surface area contributed by atoms with Crippen LogP contribution in [0.1, 0.15) is 44.2 Å². The van der Waals surface area contributed by atoms with Crippen LogP contribution in [0.15, 0.2) is 53.5 Å². The lowest BCUT2D eigenvalue weighted by Crippen LogP contribution is -2.53. The number of halogens is 1. The van der Waals surface area contributed by atoms with E-state index >= 15 is 0 Å². The number of aryl methyl sites for hydroxylation is 2. The van der Waals surface area contributed by atoms with E-state index in [9.17, 15) is 19.2 Å². The number of piperidine rings is 2. The molecular weight excluding hydrogens is 762 g/mol. The maximum Gasteiger partial charge on any atom is 0.293 e. The molecule has 3 aliphatic heterocycles. The number of hydrogen-bond acceptors (Lipinski definition) is 12. The van der Waals surface area contributed by atoms with Crippen molar-refractivity contribution in [2.75, 3.05) is 68.0 Å². The van der Waals surface area contributed by atoms with E-state index in [1.54, 1.807) is 19.3 Å². The van der Waals surface area contributed by atoms with E-state index in [4.69, 9.17) is 26.4 Å². The van der Waals surface area contributed by atoms with Crippen molar-refractivity contribution in [2.24, 2.45) is 20.0 Å². The van der Waals surface area contributed by atoms with E-state index in [1.165, 1.54) is 11.6 Å². The van der Waals surface area contributed by atoms with Crippen LogP contribution in [-0.2, 0) is 28.5 Å². The first kappa shape index (κ1) is 39.1. The summed E-state index contributed by atoms with van der Waals surface area (Å²) in [5.41, 5.74) is 3.99. The van der Waals surface area contributed by atoms with Gasteiger partial charge in [0, 0.05) is 89.3 Å². The van der Waals surface area contributed by atoms with Crippen LogP contribution >= 0.6 is 11.6 Å². The van der Waals surface area contributed by atoms with E-state index in [2.05, 4.69) is 48.6 Å². The zero-order valence-corrected chi connectivity index (χ0v) is 33.9. The Morgan fingerprint density at radius 2 is 1.78 bits per heavy atom. The van der Waals surface area contributed by atoms with E-state index in [1.807, 2.05) is 42.1 Å². The smallest absolute Gasteiger partial charge is 0.293 e. The van der Waals surface area contributed by atoms with Gasteiger partial charge in [0.05, 0.1) is 34.5 Å². The Morgan fingerprint density at radius 1 is 1.00 bits per heavy atom. The van der Waals surface area contributed by atoms with Gasteiger partial charge in [0.15, 0.2) is 18.2 Å². The van der Waals surface area contributed by atoms with Gasteiger partial charge >= 0.3 is 0 Å². The van der Waals surface area contributed by atoms with Gasteiger partial charge in [-0.1, -0.05) is 23.7 Å². The molecule has 3 N–H and O–H groups in total. The molecule has 3 aliphatic rings. The van der Waals surface area contributed by atoms with Crippen molar-refractivity contribution in [3.8, 4) is 5.75 Å². The Kier molecular flexibility index (Phi) is 11.0. The number of imide groups is 1. The largest absolute Gasteiger partial charge is 0.478 e. The number of carbonyl (C=O) groups excluding carboxylic acids is 3. The SMILES string of the molecule is CNC(=O)COc1cc2cc(Nc3nc(N4CCN([C@H](C)C5CCN(c6cccc7c([C@H]8CCC(=O)NC8=O)nn(C)c67)CC5)CC4)ncc3Cl)ccc2n(C)c1=O. The lowest BCUT2D eigenvalue weighted by Gasteiger charge is -2.43. The zero-order valence-electron chi connectivity index (χ0n) is 33.1. The monoisotopic (exact) mass is 809 g/mol. The average Bonchev–Trinajstić information content (AvgIpc) is 3.57. The Hall–Kier alpha value is -5.74. The van der Waals surface area contributed by atoms with Gasteiger partial charge in [-0.2, -0.15) is 10.1 Å². The van der Waals surface area contributed by atoms with E-state index in [0.29, 0.717) is 52.8 Å². The van der Waals surface area contributed by atoms with Crippen molar-refractivity contribution < 1.29 is 19.1 Å². The highest BCUT2D eigenvalue weighted by molar-refractivity contribution is 6.33. The summed E-state index contributed by atoms with van der Waals surface area (Å²) in [7, 11) is 5.11. The van der Waals surface area contributed by atoms with Gasteiger partial charge in [-0.05, 0) is 62.4 Å². The summed E-state index contributed by atoms with van der Waals surface area (Å²) in [6.45, 7) is 7.30. The molecule has 58 heavy (non-hydrogen) atoms. The molecule has 6 heterocycles. The molecule has 0 unspecified atom stereocenters. The van der Waals surface area contributed by atoms with E-state index in [-0.39, 0.29) is 35.6 Å². The molecule has 2 atom stereocenters. The van der Waals surface area contributed by atoms with Crippen LogP contribution in [0, 0.1) is 5.92 Å². The fourth-order valence-electron chi connectivity index (χ4n) is 8.65. The maximum atomic E-state index is 12.8. The van der Waals surface area contributed by atoms with Gasteiger partial charge in [0.1, 0.15) is 5.02 Å². The fraction of sp³-hybridized carbons (Fsp3) is 0.439.